The van der Waals surface area contributed by atoms with Crippen molar-refractivity contribution in [2.24, 2.45) is 12.8 Å². The van der Waals surface area contributed by atoms with Gasteiger partial charge in [-0.05, 0) is 6.07 Å². The summed E-state index contributed by atoms with van der Waals surface area (Å²) in [6.45, 7) is 0.161. The number of amides is 2. The van der Waals surface area contributed by atoms with Crippen molar-refractivity contribution >= 4 is 11.8 Å². The summed E-state index contributed by atoms with van der Waals surface area (Å²) in [4.78, 5) is 22.0. The minimum atomic E-state index is -0.354. The van der Waals surface area contributed by atoms with E-state index in [4.69, 9.17) is 5.73 Å². The highest BCUT2D eigenvalue weighted by Crippen LogP contribution is 1.92. The summed E-state index contributed by atoms with van der Waals surface area (Å²) in [6.07, 6.45) is 1.79. The number of nitrogens with zero attached hydrogens (tertiary/aromatic N) is 2. The Labute approximate surface area is 93.0 Å². The first-order valence-corrected chi connectivity index (χ1v) is 4.84. The standard InChI is InChI=1S/C9H15N5O2/c1-14-3-2-7(13-14)5-11-9(16)6-12-8(15)4-10/h2-3H,4-6,10H2,1H3,(H,11,16)(H,12,15). The summed E-state index contributed by atoms with van der Waals surface area (Å²) in [7, 11) is 1.80. The monoisotopic (exact) mass is 225 g/mol. The Morgan fingerprint density at radius 2 is 2.19 bits per heavy atom. The predicted octanol–water partition coefficient (Wildman–Crippen LogP) is -1.89. The second-order valence-electron chi connectivity index (χ2n) is 3.24. The first-order chi connectivity index (χ1) is 7.61. The van der Waals surface area contributed by atoms with Gasteiger partial charge < -0.3 is 16.4 Å². The van der Waals surface area contributed by atoms with Crippen molar-refractivity contribution in [1.29, 1.82) is 0 Å². The Bertz CT molecular complexity index is 374. The second kappa shape index (κ2) is 5.86. The quantitative estimate of drug-likeness (QED) is 0.545. The molecule has 0 unspecified atom stereocenters. The van der Waals surface area contributed by atoms with Gasteiger partial charge in [0.15, 0.2) is 0 Å². The van der Waals surface area contributed by atoms with Crippen molar-refractivity contribution in [2.45, 2.75) is 6.54 Å². The smallest absolute Gasteiger partial charge is 0.239 e. The van der Waals surface area contributed by atoms with Crippen molar-refractivity contribution in [1.82, 2.24) is 20.4 Å². The van der Waals surface area contributed by atoms with E-state index in [1.165, 1.54) is 0 Å². The molecule has 1 heterocycles. The average Bonchev–Trinajstić information content (AvgIpc) is 2.69. The number of nitrogens with one attached hydrogen (secondary N) is 2. The van der Waals surface area contributed by atoms with Gasteiger partial charge in [0.05, 0.1) is 25.3 Å². The molecule has 0 spiro atoms. The van der Waals surface area contributed by atoms with Crippen LogP contribution in [0.3, 0.4) is 0 Å². The van der Waals surface area contributed by atoms with Gasteiger partial charge in [-0.25, -0.2) is 0 Å². The van der Waals surface area contributed by atoms with E-state index in [2.05, 4.69) is 15.7 Å². The molecule has 88 valence electrons. The van der Waals surface area contributed by atoms with Crippen molar-refractivity contribution in [3.05, 3.63) is 18.0 Å². The average molecular weight is 225 g/mol. The van der Waals surface area contributed by atoms with E-state index in [1.807, 2.05) is 0 Å². The van der Waals surface area contributed by atoms with Gasteiger partial charge in [0, 0.05) is 13.2 Å². The van der Waals surface area contributed by atoms with Gasteiger partial charge in [0.25, 0.3) is 0 Å². The summed E-state index contributed by atoms with van der Waals surface area (Å²) in [5.41, 5.74) is 5.83. The molecule has 0 aromatic carbocycles. The van der Waals surface area contributed by atoms with E-state index in [-0.39, 0.29) is 24.9 Å². The Balaban J connectivity index is 2.22. The van der Waals surface area contributed by atoms with E-state index in [0.717, 1.165) is 5.69 Å². The van der Waals surface area contributed by atoms with Crippen molar-refractivity contribution in [3.8, 4) is 0 Å². The molecule has 0 aliphatic carbocycles. The topological polar surface area (TPSA) is 102 Å². The van der Waals surface area contributed by atoms with E-state index in [9.17, 15) is 9.59 Å². The lowest BCUT2D eigenvalue weighted by Crippen LogP contribution is -2.39. The molecule has 1 rings (SSSR count). The Morgan fingerprint density at radius 1 is 1.44 bits per heavy atom. The second-order valence-corrected chi connectivity index (χ2v) is 3.24. The van der Waals surface area contributed by atoms with E-state index < -0.39 is 0 Å². The van der Waals surface area contributed by atoms with Crippen LogP contribution in [0.1, 0.15) is 5.69 Å². The fourth-order valence-corrected chi connectivity index (χ4v) is 1.06. The van der Waals surface area contributed by atoms with Crippen LogP contribution in [0.4, 0.5) is 0 Å². The molecule has 0 aliphatic rings. The lowest BCUT2D eigenvalue weighted by atomic mass is 10.4. The Morgan fingerprint density at radius 3 is 2.75 bits per heavy atom. The SMILES string of the molecule is Cn1ccc(CNC(=O)CNC(=O)CN)n1. The summed E-state index contributed by atoms with van der Waals surface area (Å²) in [6, 6.07) is 1.80. The van der Waals surface area contributed by atoms with Crippen molar-refractivity contribution < 1.29 is 9.59 Å². The van der Waals surface area contributed by atoms with E-state index >= 15 is 0 Å². The molecule has 0 bridgehead atoms. The van der Waals surface area contributed by atoms with Gasteiger partial charge in [-0.1, -0.05) is 0 Å². The molecule has 16 heavy (non-hydrogen) atoms. The molecule has 0 aliphatic heterocycles. The Hall–Kier alpha value is -1.89. The zero-order valence-electron chi connectivity index (χ0n) is 9.06. The molecule has 0 saturated carbocycles. The maximum absolute atomic E-state index is 11.2. The number of hydrogen-bond donors (Lipinski definition) is 3. The number of nitrogens with two attached hydrogens (primary N) is 1. The molecule has 0 radical (unpaired) electrons. The maximum atomic E-state index is 11.2. The minimum absolute atomic E-state index is 0.0666. The number of hydrogen-bond acceptors (Lipinski definition) is 4. The van der Waals surface area contributed by atoms with Gasteiger partial charge in [-0.2, -0.15) is 5.10 Å². The van der Waals surface area contributed by atoms with Crippen LogP contribution in [0.15, 0.2) is 12.3 Å². The first kappa shape index (κ1) is 12.2. The lowest BCUT2D eigenvalue weighted by molar-refractivity contribution is -0.125. The van der Waals surface area contributed by atoms with Gasteiger partial charge in [-0.15, -0.1) is 0 Å². The van der Waals surface area contributed by atoms with Crippen LogP contribution in [0.5, 0.6) is 0 Å². The number of aromatic nitrogens is 2. The highest BCUT2D eigenvalue weighted by Gasteiger charge is 2.04. The van der Waals surface area contributed by atoms with Crippen LogP contribution >= 0.6 is 0 Å². The number of carbonyl (C=O) groups excluding carboxylic acids is 2. The third-order valence-electron chi connectivity index (χ3n) is 1.87. The van der Waals surface area contributed by atoms with Crippen molar-refractivity contribution in [3.63, 3.8) is 0 Å². The van der Waals surface area contributed by atoms with E-state index in [1.54, 1.807) is 24.0 Å². The van der Waals surface area contributed by atoms with Crippen LogP contribution in [0, 0.1) is 0 Å². The third kappa shape index (κ3) is 4.09. The molecule has 0 atom stereocenters. The highest BCUT2D eigenvalue weighted by atomic mass is 16.2. The van der Waals surface area contributed by atoms with Gasteiger partial charge in [-0.3, -0.25) is 14.3 Å². The van der Waals surface area contributed by atoms with Crippen LogP contribution in [0.25, 0.3) is 0 Å². The van der Waals surface area contributed by atoms with E-state index in [0.29, 0.717) is 6.54 Å². The van der Waals surface area contributed by atoms with Crippen LogP contribution in [-0.2, 0) is 23.2 Å². The highest BCUT2D eigenvalue weighted by molar-refractivity contribution is 5.85. The van der Waals surface area contributed by atoms with Crippen LogP contribution in [-0.4, -0.2) is 34.7 Å². The fraction of sp³-hybridized carbons (Fsp3) is 0.444. The van der Waals surface area contributed by atoms with Gasteiger partial charge >= 0.3 is 0 Å². The van der Waals surface area contributed by atoms with Crippen LogP contribution in [0.2, 0.25) is 0 Å². The number of aryl methyl sites for hydroxylation is 1. The summed E-state index contributed by atoms with van der Waals surface area (Å²) >= 11 is 0. The summed E-state index contributed by atoms with van der Waals surface area (Å²) in [5.74, 6) is -0.625. The van der Waals surface area contributed by atoms with Gasteiger partial charge in [0.2, 0.25) is 11.8 Å². The predicted molar refractivity (Wildman–Crippen MR) is 57.1 cm³/mol. The molecule has 2 amide bonds. The van der Waals surface area contributed by atoms with Crippen LogP contribution < -0.4 is 16.4 Å². The molecule has 4 N–H and O–H groups in total. The largest absolute Gasteiger partial charge is 0.349 e. The first-order valence-electron chi connectivity index (χ1n) is 4.84. The molecule has 0 saturated heterocycles. The molecule has 1 aromatic rings. The Kier molecular flexibility index (Phi) is 4.46. The molecule has 7 nitrogen and oxygen atoms in total. The molecular formula is C9H15N5O2. The lowest BCUT2D eigenvalue weighted by Gasteiger charge is -2.04. The number of rotatable bonds is 5. The summed E-state index contributed by atoms with van der Waals surface area (Å²) in [5, 5.41) is 9.08. The zero-order chi connectivity index (χ0) is 12.0. The molecular weight excluding hydrogens is 210 g/mol. The normalized spacial score (nSPS) is 9.88. The third-order valence-corrected chi connectivity index (χ3v) is 1.87. The molecule has 0 fully saturated rings. The zero-order valence-corrected chi connectivity index (χ0v) is 9.06. The minimum Gasteiger partial charge on any atom is -0.349 e. The number of carbonyl (C=O) groups is 2. The fourth-order valence-electron chi connectivity index (χ4n) is 1.06. The van der Waals surface area contributed by atoms with Crippen molar-refractivity contribution in [2.75, 3.05) is 13.1 Å². The maximum Gasteiger partial charge on any atom is 0.239 e. The van der Waals surface area contributed by atoms with Gasteiger partial charge in [0.1, 0.15) is 0 Å². The molecule has 1 aromatic heterocycles. The molecule has 7 heteroatoms. The summed E-state index contributed by atoms with van der Waals surface area (Å²) < 4.78 is 1.65.